The molecule has 2 fully saturated rings. The van der Waals surface area contributed by atoms with Gasteiger partial charge in [-0.05, 0) is 37.0 Å². The Balaban J connectivity index is 1.98. The molecule has 3 rings (SSSR count). The lowest BCUT2D eigenvalue weighted by Crippen LogP contribution is -2.40. The van der Waals surface area contributed by atoms with Gasteiger partial charge >= 0.3 is 0 Å². The molecule has 0 N–H and O–H groups in total. The standard InChI is InChI=1S/C14H20O/c1-8(2)12-6-9-7-13(12)11-5-3-4-10(9)14(11)15/h6,8-11,13H,3-5,7H2,1-2H3. The summed E-state index contributed by atoms with van der Waals surface area (Å²) in [6, 6.07) is 0. The molecular weight excluding hydrogens is 184 g/mol. The maximum Gasteiger partial charge on any atom is 0.140 e. The summed E-state index contributed by atoms with van der Waals surface area (Å²) in [4.78, 5) is 12.2. The van der Waals surface area contributed by atoms with Gasteiger partial charge in [-0.15, -0.1) is 0 Å². The van der Waals surface area contributed by atoms with Crippen LogP contribution in [0.3, 0.4) is 0 Å². The highest BCUT2D eigenvalue weighted by molar-refractivity contribution is 5.87. The summed E-state index contributed by atoms with van der Waals surface area (Å²) in [7, 11) is 0. The first-order chi connectivity index (χ1) is 7.18. The molecule has 1 heteroatoms. The zero-order valence-corrected chi connectivity index (χ0v) is 9.70. The molecule has 0 aromatic heterocycles. The predicted octanol–water partition coefficient (Wildman–Crippen LogP) is 3.20. The normalized spacial score (nSPS) is 43.4. The van der Waals surface area contributed by atoms with E-state index in [1.165, 1.54) is 12.8 Å². The number of carbonyl (C=O) groups excluding carboxylic acids is 1. The van der Waals surface area contributed by atoms with Gasteiger partial charge in [0, 0.05) is 11.8 Å². The van der Waals surface area contributed by atoms with Crippen molar-refractivity contribution in [2.24, 2.45) is 29.6 Å². The SMILES string of the molecule is CC(C)C1=CC2CC1C1CCCC2C1=O. The van der Waals surface area contributed by atoms with Gasteiger partial charge in [0.1, 0.15) is 5.78 Å². The van der Waals surface area contributed by atoms with Gasteiger partial charge in [-0.2, -0.15) is 0 Å². The summed E-state index contributed by atoms with van der Waals surface area (Å²) >= 11 is 0. The first-order valence-electron chi connectivity index (χ1n) is 6.44. The molecule has 2 saturated carbocycles. The van der Waals surface area contributed by atoms with E-state index in [2.05, 4.69) is 19.9 Å². The molecule has 0 spiro atoms. The highest BCUT2D eigenvalue weighted by atomic mass is 16.1. The molecule has 3 aliphatic carbocycles. The molecule has 0 amide bonds. The monoisotopic (exact) mass is 204 g/mol. The second kappa shape index (κ2) is 3.20. The Bertz CT molecular complexity index is 326. The Kier molecular flexibility index (Phi) is 2.05. The molecular formula is C14H20O. The van der Waals surface area contributed by atoms with E-state index >= 15 is 0 Å². The van der Waals surface area contributed by atoms with Crippen molar-refractivity contribution in [2.45, 2.75) is 39.5 Å². The van der Waals surface area contributed by atoms with Crippen LogP contribution in [0.15, 0.2) is 11.6 Å². The maximum absolute atomic E-state index is 12.2. The fraction of sp³-hybridized carbons (Fsp3) is 0.786. The summed E-state index contributed by atoms with van der Waals surface area (Å²) in [5.74, 6) is 3.28. The van der Waals surface area contributed by atoms with Gasteiger partial charge in [-0.1, -0.05) is 31.9 Å². The van der Waals surface area contributed by atoms with Crippen molar-refractivity contribution in [3.05, 3.63) is 11.6 Å². The Hall–Kier alpha value is -0.590. The van der Waals surface area contributed by atoms with E-state index in [-0.39, 0.29) is 0 Å². The van der Waals surface area contributed by atoms with Crippen molar-refractivity contribution in [2.75, 3.05) is 0 Å². The summed E-state index contributed by atoms with van der Waals surface area (Å²) in [5.41, 5.74) is 1.60. The molecule has 0 aliphatic heterocycles. The fourth-order valence-corrected chi connectivity index (χ4v) is 4.11. The van der Waals surface area contributed by atoms with Crippen molar-refractivity contribution in [1.29, 1.82) is 0 Å². The summed E-state index contributed by atoms with van der Waals surface area (Å²) in [6.07, 6.45) is 7.36. The van der Waals surface area contributed by atoms with Gasteiger partial charge in [0.15, 0.2) is 0 Å². The number of allylic oxidation sites excluding steroid dienone is 2. The molecule has 0 saturated heterocycles. The molecule has 1 nitrogen and oxygen atoms in total. The lowest BCUT2D eigenvalue weighted by molar-refractivity contribution is -0.134. The number of carbonyl (C=O) groups is 1. The summed E-state index contributed by atoms with van der Waals surface area (Å²) < 4.78 is 0. The number of Topliss-reactive ketones (excluding diaryl/α,β-unsaturated/α-hetero) is 1. The number of ketones is 1. The van der Waals surface area contributed by atoms with Crippen LogP contribution < -0.4 is 0 Å². The Morgan fingerprint density at radius 3 is 2.67 bits per heavy atom. The summed E-state index contributed by atoms with van der Waals surface area (Å²) in [6.45, 7) is 4.56. The third-order valence-corrected chi connectivity index (χ3v) is 4.79. The van der Waals surface area contributed by atoms with Crippen LogP contribution in [0.1, 0.15) is 39.5 Å². The third kappa shape index (κ3) is 1.25. The van der Waals surface area contributed by atoms with Crippen molar-refractivity contribution in [3.8, 4) is 0 Å². The second-order valence-electron chi connectivity index (χ2n) is 5.87. The highest BCUT2D eigenvalue weighted by Crippen LogP contribution is 2.53. The van der Waals surface area contributed by atoms with Crippen LogP contribution in [0.4, 0.5) is 0 Å². The van der Waals surface area contributed by atoms with E-state index in [1.54, 1.807) is 5.57 Å². The topological polar surface area (TPSA) is 17.1 Å². The third-order valence-electron chi connectivity index (χ3n) is 4.79. The van der Waals surface area contributed by atoms with Crippen molar-refractivity contribution in [1.82, 2.24) is 0 Å². The number of hydrogen-bond donors (Lipinski definition) is 0. The Morgan fingerprint density at radius 2 is 1.93 bits per heavy atom. The quantitative estimate of drug-likeness (QED) is 0.599. The number of hydrogen-bond acceptors (Lipinski definition) is 1. The van der Waals surface area contributed by atoms with Gasteiger partial charge in [-0.25, -0.2) is 0 Å². The van der Waals surface area contributed by atoms with Gasteiger partial charge in [-0.3, -0.25) is 4.79 Å². The minimum absolute atomic E-state index is 0.399. The fourth-order valence-electron chi connectivity index (χ4n) is 4.11. The molecule has 82 valence electrons. The van der Waals surface area contributed by atoms with Crippen molar-refractivity contribution in [3.63, 3.8) is 0 Å². The van der Waals surface area contributed by atoms with E-state index < -0.39 is 0 Å². The van der Waals surface area contributed by atoms with E-state index in [0.717, 1.165) is 12.8 Å². The predicted molar refractivity (Wildman–Crippen MR) is 60.4 cm³/mol. The molecule has 4 unspecified atom stereocenters. The zero-order chi connectivity index (χ0) is 10.6. The highest BCUT2D eigenvalue weighted by Gasteiger charge is 2.49. The molecule has 0 heterocycles. The lowest BCUT2D eigenvalue weighted by atomic mass is 9.63. The van der Waals surface area contributed by atoms with E-state index in [9.17, 15) is 4.79 Å². The van der Waals surface area contributed by atoms with Gasteiger partial charge < -0.3 is 0 Å². The van der Waals surface area contributed by atoms with Crippen LogP contribution in [-0.2, 0) is 4.79 Å². The van der Waals surface area contributed by atoms with Gasteiger partial charge in [0.2, 0.25) is 0 Å². The largest absolute Gasteiger partial charge is 0.299 e. The first-order valence-corrected chi connectivity index (χ1v) is 6.44. The molecule has 15 heavy (non-hydrogen) atoms. The smallest absolute Gasteiger partial charge is 0.140 e. The maximum atomic E-state index is 12.2. The molecule has 3 aliphatic rings. The first kappa shape index (κ1) is 9.62. The molecule has 0 radical (unpaired) electrons. The lowest BCUT2D eigenvalue weighted by Gasteiger charge is -2.39. The molecule has 0 aromatic carbocycles. The van der Waals surface area contributed by atoms with E-state index in [0.29, 0.717) is 35.4 Å². The van der Waals surface area contributed by atoms with Crippen LogP contribution in [0.2, 0.25) is 0 Å². The average Bonchev–Trinajstić information content (AvgIpc) is 2.57. The second-order valence-corrected chi connectivity index (χ2v) is 5.87. The Labute approximate surface area is 91.9 Å². The van der Waals surface area contributed by atoms with Gasteiger partial charge in [0.25, 0.3) is 0 Å². The minimum Gasteiger partial charge on any atom is -0.299 e. The van der Waals surface area contributed by atoms with Gasteiger partial charge in [0.05, 0.1) is 0 Å². The van der Waals surface area contributed by atoms with Crippen LogP contribution >= 0.6 is 0 Å². The minimum atomic E-state index is 0.399. The van der Waals surface area contributed by atoms with Crippen molar-refractivity contribution >= 4 is 5.78 Å². The van der Waals surface area contributed by atoms with Crippen LogP contribution in [-0.4, -0.2) is 5.78 Å². The summed E-state index contributed by atoms with van der Waals surface area (Å²) in [5, 5.41) is 0. The number of fused-ring (bicyclic) bond motifs is 6. The number of rotatable bonds is 1. The molecule has 4 bridgehead atoms. The average molecular weight is 204 g/mol. The zero-order valence-electron chi connectivity index (χ0n) is 9.70. The van der Waals surface area contributed by atoms with Crippen LogP contribution in [0.5, 0.6) is 0 Å². The van der Waals surface area contributed by atoms with Crippen molar-refractivity contribution < 1.29 is 4.79 Å². The molecule has 0 aromatic rings. The molecule has 4 atom stereocenters. The Morgan fingerprint density at radius 1 is 1.20 bits per heavy atom. The van der Waals surface area contributed by atoms with E-state index in [4.69, 9.17) is 0 Å². The van der Waals surface area contributed by atoms with Crippen LogP contribution in [0.25, 0.3) is 0 Å². The van der Waals surface area contributed by atoms with E-state index in [1.807, 2.05) is 0 Å². The van der Waals surface area contributed by atoms with Crippen LogP contribution in [0, 0.1) is 29.6 Å².